The number of carboxylic acids is 1. The standard InChI is InChI=1S/C18H34O5.C12H18N2O2/c1-2-3-10-14-17(21)23-18(22)15-12-9-7-5-4-6-8-11-13-16(19)20;1-11(2)4-10(14-9-16)5-12(3,6-11)7-13-8-15/h17,21H,2-15H2,1H3,(H,19,20);10H,4-7H2,1-3H3. The summed E-state index contributed by atoms with van der Waals surface area (Å²) < 4.78 is 4.96. The van der Waals surface area contributed by atoms with Gasteiger partial charge in [0, 0.05) is 19.3 Å². The first kappa shape index (κ1) is 36.7. The fourth-order valence-electron chi connectivity index (χ4n) is 5.53. The third kappa shape index (κ3) is 21.2. The molecule has 0 aromatic heterocycles. The van der Waals surface area contributed by atoms with Gasteiger partial charge in [-0.1, -0.05) is 79.1 Å². The number of carbonyl (C=O) groups excluding carboxylic acids is 3. The molecule has 1 fully saturated rings. The van der Waals surface area contributed by atoms with Gasteiger partial charge in [-0.3, -0.25) is 9.59 Å². The van der Waals surface area contributed by atoms with E-state index in [1.165, 1.54) is 0 Å². The van der Waals surface area contributed by atoms with Gasteiger partial charge < -0.3 is 14.9 Å². The maximum absolute atomic E-state index is 11.5. The summed E-state index contributed by atoms with van der Waals surface area (Å²) in [6.07, 6.45) is 17.1. The summed E-state index contributed by atoms with van der Waals surface area (Å²) in [5.74, 6) is -1.02. The van der Waals surface area contributed by atoms with Crippen LogP contribution in [-0.2, 0) is 23.9 Å². The van der Waals surface area contributed by atoms with Gasteiger partial charge in [-0.2, -0.15) is 0 Å². The van der Waals surface area contributed by atoms with Gasteiger partial charge in [0.15, 0.2) is 0 Å². The Labute approximate surface area is 234 Å². The molecule has 0 aromatic rings. The first-order valence-corrected chi connectivity index (χ1v) is 14.7. The van der Waals surface area contributed by atoms with Gasteiger partial charge in [-0.05, 0) is 49.4 Å². The van der Waals surface area contributed by atoms with E-state index in [1.807, 2.05) is 0 Å². The number of isocyanates is 2. The van der Waals surface area contributed by atoms with Crippen LogP contribution < -0.4 is 0 Å². The van der Waals surface area contributed by atoms with Gasteiger partial charge in [-0.15, -0.1) is 0 Å². The van der Waals surface area contributed by atoms with Crippen LogP contribution >= 0.6 is 0 Å². The molecule has 224 valence electrons. The molecule has 1 aliphatic carbocycles. The minimum Gasteiger partial charge on any atom is -0.481 e. The molecule has 39 heavy (non-hydrogen) atoms. The number of unbranched alkanes of at least 4 members (excludes halogenated alkanes) is 9. The molecule has 0 heterocycles. The number of carbonyl (C=O) groups is 2. The highest BCUT2D eigenvalue weighted by Crippen LogP contribution is 2.47. The van der Waals surface area contributed by atoms with Crippen molar-refractivity contribution in [3.05, 3.63) is 0 Å². The van der Waals surface area contributed by atoms with Gasteiger partial charge >= 0.3 is 11.9 Å². The summed E-state index contributed by atoms with van der Waals surface area (Å²) in [7, 11) is 0. The smallest absolute Gasteiger partial charge is 0.308 e. The quantitative estimate of drug-likeness (QED) is 0.0600. The molecule has 0 aliphatic heterocycles. The van der Waals surface area contributed by atoms with Crippen LogP contribution in [0.4, 0.5) is 0 Å². The molecule has 3 unspecified atom stereocenters. The van der Waals surface area contributed by atoms with Gasteiger partial charge in [0.2, 0.25) is 18.4 Å². The third-order valence-electron chi connectivity index (χ3n) is 7.03. The normalized spacial score (nSPS) is 20.4. The lowest BCUT2D eigenvalue weighted by molar-refractivity contribution is -0.169. The lowest BCUT2D eigenvalue weighted by Crippen LogP contribution is -2.39. The minimum atomic E-state index is -0.945. The Morgan fingerprint density at radius 3 is 2.03 bits per heavy atom. The lowest BCUT2D eigenvalue weighted by atomic mass is 9.63. The van der Waals surface area contributed by atoms with Crippen LogP contribution in [0.3, 0.4) is 0 Å². The van der Waals surface area contributed by atoms with E-state index in [-0.39, 0.29) is 29.3 Å². The zero-order valence-electron chi connectivity index (χ0n) is 24.7. The van der Waals surface area contributed by atoms with Crippen LogP contribution in [0.1, 0.15) is 137 Å². The molecule has 1 aliphatic rings. The molecule has 3 atom stereocenters. The van der Waals surface area contributed by atoms with E-state index >= 15 is 0 Å². The van der Waals surface area contributed by atoms with Crippen LogP contribution in [0.5, 0.6) is 0 Å². The number of rotatable bonds is 19. The van der Waals surface area contributed by atoms with Crippen molar-refractivity contribution < 1.29 is 34.1 Å². The summed E-state index contributed by atoms with van der Waals surface area (Å²) in [4.78, 5) is 49.9. The largest absolute Gasteiger partial charge is 0.481 e. The van der Waals surface area contributed by atoms with E-state index in [0.717, 1.165) is 89.9 Å². The van der Waals surface area contributed by atoms with Crippen molar-refractivity contribution in [1.82, 2.24) is 0 Å². The molecule has 0 spiro atoms. The Hall–Kier alpha value is -2.34. The van der Waals surface area contributed by atoms with E-state index in [2.05, 4.69) is 37.7 Å². The minimum absolute atomic E-state index is 0.00750. The molecule has 2 N–H and O–H groups in total. The SMILES string of the molecule is CC1(C)CC(N=C=O)CC(C)(CN=C=O)C1.CCCCCC(O)OC(=O)CCCCCCCCCCC(=O)O. The zero-order valence-corrected chi connectivity index (χ0v) is 24.7. The number of aliphatic imine (C=N–C) groups is 2. The van der Waals surface area contributed by atoms with Crippen molar-refractivity contribution in [1.29, 1.82) is 0 Å². The molecule has 0 radical (unpaired) electrons. The van der Waals surface area contributed by atoms with E-state index < -0.39 is 12.3 Å². The molecule has 0 aromatic carbocycles. The van der Waals surface area contributed by atoms with Crippen molar-refractivity contribution in [2.45, 2.75) is 149 Å². The summed E-state index contributed by atoms with van der Waals surface area (Å²) in [6, 6.07) is 0.00750. The lowest BCUT2D eigenvalue weighted by Gasteiger charge is -2.44. The zero-order chi connectivity index (χ0) is 29.6. The molecular formula is C30H52N2O7. The van der Waals surface area contributed by atoms with Crippen LogP contribution in [0.2, 0.25) is 0 Å². The van der Waals surface area contributed by atoms with Gasteiger partial charge in [0.05, 0.1) is 12.6 Å². The highest BCUT2D eigenvalue weighted by molar-refractivity contribution is 5.69. The molecule has 0 bridgehead atoms. The fourth-order valence-corrected chi connectivity index (χ4v) is 5.53. The van der Waals surface area contributed by atoms with Crippen molar-refractivity contribution >= 4 is 24.1 Å². The highest BCUT2D eigenvalue weighted by Gasteiger charge is 2.41. The number of hydrogen-bond donors (Lipinski definition) is 2. The Morgan fingerprint density at radius 2 is 1.49 bits per heavy atom. The molecule has 9 heteroatoms. The average molecular weight is 553 g/mol. The van der Waals surface area contributed by atoms with E-state index in [1.54, 1.807) is 12.2 Å². The number of aliphatic hydroxyl groups is 1. The molecule has 1 rings (SSSR count). The van der Waals surface area contributed by atoms with Gasteiger partial charge in [-0.25, -0.2) is 19.6 Å². The van der Waals surface area contributed by atoms with Gasteiger partial charge in [0.25, 0.3) is 0 Å². The van der Waals surface area contributed by atoms with Crippen LogP contribution in [0, 0.1) is 10.8 Å². The molecule has 1 saturated carbocycles. The van der Waals surface area contributed by atoms with Crippen molar-refractivity contribution in [3.8, 4) is 0 Å². The van der Waals surface area contributed by atoms with E-state index in [4.69, 9.17) is 9.84 Å². The topological polar surface area (TPSA) is 143 Å². The predicted octanol–water partition coefficient (Wildman–Crippen LogP) is 6.66. The Kier molecular flexibility index (Phi) is 20.2. The maximum atomic E-state index is 11.5. The first-order valence-electron chi connectivity index (χ1n) is 14.7. The number of hydrogen-bond acceptors (Lipinski definition) is 8. The van der Waals surface area contributed by atoms with Crippen molar-refractivity contribution in [3.63, 3.8) is 0 Å². The fraction of sp³-hybridized carbons (Fsp3) is 0.867. The first-order chi connectivity index (χ1) is 18.5. The van der Waals surface area contributed by atoms with Crippen molar-refractivity contribution in [2.75, 3.05) is 6.54 Å². The molecule has 0 saturated heterocycles. The summed E-state index contributed by atoms with van der Waals surface area (Å²) >= 11 is 0. The van der Waals surface area contributed by atoms with Gasteiger partial charge in [0.1, 0.15) is 0 Å². The highest BCUT2D eigenvalue weighted by atomic mass is 16.6. The monoisotopic (exact) mass is 552 g/mol. The number of esters is 1. The number of aliphatic hydroxyl groups excluding tert-OH is 1. The third-order valence-corrected chi connectivity index (χ3v) is 7.03. The number of nitrogens with zero attached hydrogens (tertiary/aromatic N) is 2. The van der Waals surface area contributed by atoms with Crippen LogP contribution in [0.15, 0.2) is 9.98 Å². The van der Waals surface area contributed by atoms with Crippen molar-refractivity contribution in [2.24, 2.45) is 20.8 Å². The number of aliphatic carboxylic acids is 1. The Morgan fingerprint density at radius 1 is 0.897 bits per heavy atom. The summed E-state index contributed by atoms with van der Waals surface area (Å²) in [6.45, 7) is 8.95. The van der Waals surface area contributed by atoms with E-state index in [0.29, 0.717) is 19.4 Å². The summed E-state index contributed by atoms with van der Waals surface area (Å²) in [5, 5.41) is 18.1. The second-order valence-corrected chi connectivity index (χ2v) is 12.0. The summed E-state index contributed by atoms with van der Waals surface area (Å²) in [5.41, 5.74) is 0.0561. The van der Waals surface area contributed by atoms with Crippen LogP contribution in [0.25, 0.3) is 0 Å². The second-order valence-electron chi connectivity index (χ2n) is 12.0. The number of carboxylic acid groups (broad SMARTS) is 1. The molecule has 9 nitrogen and oxygen atoms in total. The predicted molar refractivity (Wildman–Crippen MR) is 151 cm³/mol. The average Bonchev–Trinajstić information content (AvgIpc) is 2.83. The molecule has 0 amide bonds. The Balaban J connectivity index is 0.000000787. The number of ether oxygens (including phenoxy) is 1. The van der Waals surface area contributed by atoms with Crippen LogP contribution in [-0.4, -0.2) is 53.2 Å². The van der Waals surface area contributed by atoms with E-state index in [9.17, 15) is 24.3 Å². The molecular weight excluding hydrogens is 500 g/mol. The second kappa shape index (κ2) is 21.5. The maximum Gasteiger partial charge on any atom is 0.308 e. The Bertz CT molecular complexity index is 788.